The summed E-state index contributed by atoms with van der Waals surface area (Å²) in [7, 11) is 0. The standard InChI is InChI=1S/C12H10N2/c1-3-9-7-12(14-11(9)5-1)10-4-2-6-13-8-10/h1-2,4-6,8H,3,7H2. The number of hydrogen-bond donors (Lipinski definition) is 0. The Morgan fingerprint density at radius 3 is 3.07 bits per heavy atom. The highest BCUT2D eigenvalue weighted by Crippen LogP contribution is 2.30. The van der Waals surface area contributed by atoms with Crippen LogP contribution in [0.3, 0.4) is 0 Å². The van der Waals surface area contributed by atoms with E-state index >= 15 is 0 Å². The molecular formula is C12H10N2. The summed E-state index contributed by atoms with van der Waals surface area (Å²) >= 11 is 0. The zero-order valence-electron chi connectivity index (χ0n) is 7.77. The number of allylic oxidation sites excluding steroid dienone is 3. The molecule has 2 nitrogen and oxygen atoms in total. The third-order valence-electron chi connectivity index (χ3n) is 2.63. The lowest BCUT2D eigenvalue weighted by Crippen LogP contribution is -1.98. The maximum atomic E-state index is 4.59. The molecule has 1 aromatic rings. The third kappa shape index (κ3) is 1.11. The van der Waals surface area contributed by atoms with Gasteiger partial charge in [0.2, 0.25) is 0 Å². The van der Waals surface area contributed by atoms with Gasteiger partial charge >= 0.3 is 0 Å². The molecule has 0 saturated carbocycles. The fraction of sp³-hybridized carbons (Fsp3) is 0.167. The molecule has 2 aliphatic rings. The van der Waals surface area contributed by atoms with Crippen molar-refractivity contribution in [3.05, 3.63) is 53.5 Å². The van der Waals surface area contributed by atoms with E-state index in [0.717, 1.165) is 24.1 Å². The second-order valence-electron chi connectivity index (χ2n) is 3.57. The van der Waals surface area contributed by atoms with Gasteiger partial charge in [-0.05, 0) is 24.1 Å². The van der Waals surface area contributed by atoms with E-state index in [2.05, 4.69) is 28.2 Å². The van der Waals surface area contributed by atoms with Crippen LogP contribution in [0.1, 0.15) is 18.4 Å². The van der Waals surface area contributed by atoms with Gasteiger partial charge in [-0.25, -0.2) is 0 Å². The van der Waals surface area contributed by atoms with Crippen molar-refractivity contribution in [3.8, 4) is 0 Å². The quantitative estimate of drug-likeness (QED) is 0.655. The molecule has 1 aliphatic carbocycles. The molecule has 1 aromatic heterocycles. The first-order valence-corrected chi connectivity index (χ1v) is 4.80. The normalized spacial score (nSPS) is 18.7. The Hall–Kier alpha value is -1.70. The van der Waals surface area contributed by atoms with Crippen molar-refractivity contribution in [1.29, 1.82) is 0 Å². The number of aliphatic imine (C=N–C) groups is 1. The average Bonchev–Trinajstić information content (AvgIpc) is 2.78. The zero-order valence-corrected chi connectivity index (χ0v) is 7.77. The first-order valence-electron chi connectivity index (χ1n) is 4.80. The molecule has 3 rings (SSSR count). The van der Waals surface area contributed by atoms with Crippen molar-refractivity contribution in [3.63, 3.8) is 0 Å². The summed E-state index contributed by atoms with van der Waals surface area (Å²) < 4.78 is 0. The summed E-state index contributed by atoms with van der Waals surface area (Å²) in [5, 5.41) is 0. The Morgan fingerprint density at radius 1 is 1.29 bits per heavy atom. The van der Waals surface area contributed by atoms with Crippen LogP contribution < -0.4 is 0 Å². The Morgan fingerprint density at radius 2 is 2.29 bits per heavy atom. The van der Waals surface area contributed by atoms with Crippen LogP contribution in [0.4, 0.5) is 0 Å². The second kappa shape index (κ2) is 2.91. The predicted octanol–water partition coefficient (Wildman–Crippen LogP) is 2.49. The maximum absolute atomic E-state index is 4.59. The molecule has 0 aromatic carbocycles. The molecule has 1 aliphatic heterocycles. The molecule has 2 heteroatoms. The third-order valence-corrected chi connectivity index (χ3v) is 2.63. The molecule has 68 valence electrons. The van der Waals surface area contributed by atoms with Gasteiger partial charge in [0.05, 0.1) is 11.4 Å². The van der Waals surface area contributed by atoms with E-state index in [-0.39, 0.29) is 0 Å². The van der Waals surface area contributed by atoms with E-state index in [1.54, 1.807) is 6.20 Å². The minimum absolute atomic E-state index is 0.994. The summed E-state index contributed by atoms with van der Waals surface area (Å²) in [5.74, 6) is 0. The van der Waals surface area contributed by atoms with Gasteiger partial charge in [-0.2, -0.15) is 0 Å². The Bertz CT molecular complexity index is 452. The molecule has 0 fully saturated rings. The molecule has 0 N–H and O–H groups in total. The molecule has 0 unspecified atom stereocenters. The summed E-state index contributed by atoms with van der Waals surface area (Å²) in [5.41, 5.74) is 4.93. The molecule has 0 amide bonds. The highest BCUT2D eigenvalue weighted by Gasteiger charge is 2.19. The summed E-state index contributed by atoms with van der Waals surface area (Å²) in [6.45, 7) is 0. The number of rotatable bonds is 1. The largest absolute Gasteiger partial charge is 0.264 e. The summed E-state index contributed by atoms with van der Waals surface area (Å²) in [6.07, 6.45) is 10.0. The lowest BCUT2D eigenvalue weighted by atomic mass is 10.1. The summed E-state index contributed by atoms with van der Waals surface area (Å²) in [6, 6.07) is 4.02. The average molecular weight is 182 g/mol. The molecule has 0 bridgehead atoms. The van der Waals surface area contributed by atoms with Crippen molar-refractivity contribution in [2.75, 3.05) is 0 Å². The monoisotopic (exact) mass is 182 g/mol. The van der Waals surface area contributed by atoms with Crippen LogP contribution in [-0.4, -0.2) is 10.7 Å². The topological polar surface area (TPSA) is 25.2 Å². The molecule has 0 spiro atoms. The minimum atomic E-state index is 0.994. The highest BCUT2D eigenvalue weighted by molar-refractivity contribution is 6.04. The van der Waals surface area contributed by atoms with Crippen LogP contribution in [0.25, 0.3) is 0 Å². The van der Waals surface area contributed by atoms with Gasteiger partial charge < -0.3 is 0 Å². The van der Waals surface area contributed by atoms with Gasteiger partial charge in [-0.1, -0.05) is 12.1 Å². The predicted molar refractivity (Wildman–Crippen MR) is 56.2 cm³/mol. The number of aromatic nitrogens is 1. The second-order valence-corrected chi connectivity index (χ2v) is 3.57. The molecule has 0 radical (unpaired) electrons. The highest BCUT2D eigenvalue weighted by atomic mass is 14.8. The van der Waals surface area contributed by atoms with E-state index in [0.29, 0.717) is 0 Å². The Labute approximate surface area is 82.7 Å². The zero-order chi connectivity index (χ0) is 9.38. The Kier molecular flexibility index (Phi) is 1.60. The number of nitrogens with zero attached hydrogens (tertiary/aromatic N) is 2. The van der Waals surface area contributed by atoms with E-state index in [4.69, 9.17) is 0 Å². The van der Waals surface area contributed by atoms with Crippen molar-refractivity contribution in [2.45, 2.75) is 12.8 Å². The van der Waals surface area contributed by atoms with E-state index in [1.807, 2.05) is 12.3 Å². The molecule has 2 heterocycles. The number of pyridine rings is 1. The maximum Gasteiger partial charge on any atom is 0.0629 e. The van der Waals surface area contributed by atoms with Gasteiger partial charge in [-0.3, -0.25) is 9.98 Å². The van der Waals surface area contributed by atoms with Crippen molar-refractivity contribution < 1.29 is 0 Å². The summed E-state index contributed by atoms with van der Waals surface area (Å²) in [4.78, 5) is 8.70. The van der Waals surface area contributed by atoms with Gasteiger partial charge in [0, 0.05) is 24.4 Å². The van der Waals surface area contributed by atoms with Crippen LogP contribution in [0.5, 0.6) is 0 Å². The lowest BCUT2D eigenvalue weighted by Gasteiger charge is -2.00. The molecule has 0 saturated heterocycles. The SMILES string of the molecule is C1=CC2=C(C1)CC(c1cccnc1)=N2. The van der Waals surface area contributed by atoms with Gasteiger partial charge in [-0.15, -0.1) is 0 Å². The van der Waals surface area contributed by atoms with Crippen molar-refractivity contribution in [1.82, 2.24) is 4.98 Å². The van der Waals surface area contributed by atoms with Crippen LogP contribution in [0.2, 0.25) is 0 Å². The van der Waals surface area contributed by atoms with E-state index in [1.165, 1.54) is 11.3 Å². The molecular weight excluding hydrogens is 172 g/mol. The first-order chi connectivity index (χ1) is 6.93. The van der Waals surface area contributed by atoms with E-state index < -0.39 is 0 Å². The van der Waals surface area contributed by atoms with Crippen molar-refractivity contribution in [2.24, 2.45) is 4.99 Å². The fourth-order valence-corrected chi connectivity index (χ4v) is 1.90. The Balaban J connectivity index is 1.95. The van der Waals surface area contributed by atoms with Gasteiger partial charge in [0.1, 0.15) is 0 Å². The van der Waals surface area contributed by atoms with Crippen LogP contribution in [-0.2, 0) is 0 Å². The molecule has 0 atom stereocenters. The number of hydrogen-bond acceptors (Lipinski definition) is 2. The van der Waals surface area contributed by atoms with Crippen LogP contribution in [0.15, 0.2) is 52.9 Å². The van der Waals surface area contributed by atoms with Crippen molar-refractivity contribution >= 4 is 5.71 Å². The van der Waals surface area contributed by atoms with Crippen LogP contribution in [0, 0.1) is 0 Å². The van der Waals surface area contributed by atoms with Crippen LogP contribution >= 0.6 is 0 Å². The van der Waals surface area contributed by atoms with Gasteiger partial charge in [0.15, 0.2) is 0 Å². The lowest BCUT2D eigenvalue weighted by molar-refractivity contribution is 1.18. The minimum Gasteiger partial charge on any atom is -0.264 e. The fourth-order valence-electron chi connectivity index (χ4n) is 1.90. The first kappa shape index (κ1) is 7.68. The van der Waals surface area contributed by atoms with E-state index in [9.17, 15) is 0 Å². The smallest absolute Gasteiger partial charge is 0.0629 e. The molecule has 14 heavy (non-hydrogen) atoms. The van der Waals surface area contributed by atoms with Gasteiger partial charge in [0.25, 0.3) is 0 Å².